The third kappa shape index (κ3) is 9.25. The maximum absolute atomic E-state index is 12.0. The van der Waals surface area contributed by atoms with Crippen molar-refractivity contribution in [2.24, 2.45) is 10.7 Å². The van der Waals surface area contributed by atoms with Crippen LogP contribution in [-0.2, 0) is 4.74 Å². The van der Waals surface area contributed by atoms with Gasteiger partial charge in [-0.05, 0) is 24.6 Å². The van der Waals surface area contributed by atoms with E-state index in [4.69, 9.17) is 15.2 Å². The van der Waals surface area contributed by atoms with E-state index in [1.807, 2.05) is 0 Å². The van der Waals surface area contributed by atoms with Crippen LogP contribution in [0.5, 0.6) is 5.75 Å². The van der Waals surface area contributed by atoms with Gasteiger partial charge in [-0.25, -0.2) is 0 Å². The SMILES string of the molecule is COc1cccc(C(=O)NCCNC(N)=NCCCN2CCOCC2)c1.I. The minimum Gasteiger partial charge on any atom is -0.497 e. The number of carbonyl (C=O) groups excluding carboxylic acids is 1. The molecule has 1 heterocycles. The van der Waals surface area contributed by atoms with Gasteiger partial charge in [0, 0.05) is 44.8 Å². The molecule has 1 aromatic rings. The maximum atomic E-state index is 12.0. The van der Waals surface area contributed by atoms with Crippen LogP contribution in [0.15, 0.2) is 29.3 Å². The van der Waals surface area contributed by atoms with Crippen LogP contribution < -0.4 is 21.1 Å². The topological polar surface area (TPSA) is 101 Å². The zero-order valence-electron chi connectivity index (χ0n) is 15.8. The standard InChI is InChI=1S/C18H29N5O3.HI/c1-25-16-5-2-4-15(14-16)17(24)20-7-8-22-18(19)21-6-3-9-23-10-12-26-13-11-23;/h2,4-5,14H,3,6-13H2,1H3,(H,20,24)(H3,19,21,22);1H. The molecule has 1 aliphatic rings. The van der Waals surface area contributed by atoms with Gasteiger partial charge in [0.1, 0.15) is 5.75 Å². The largest absolute Gasteiger partial charge is 0.497 e. The summed E-state index contributed by atoms with van der Waals surface area (Å²) in [4.78, 5) is 18.7. The Morgan fingerprint density at radius 2 is 2.04 bits per heavy atom. The quantitative estimate of drug-likeness (QED) is 0.203. The molecule has 0 atom stereocenters. The highest BCUT2D eigenvalue weighted by atomic mass is 127. The highest BCUT2D eigenvalue weighted by Crippen LogP contribution is 2.12. The number of methoxy groups -OCH3 is 1. The molecule has 9 heteroatoms. The van der Waals surface area contributed by atoms with Crippen molar-refractivity contribution in [1.82, 2.24) is 15.5 Å². The molecule has 0 aromatic heterocycles. The summed E-state index contributed by atoms with van der Waals surface area (Å²) in [6, 6.07) is 7.03. The molecule has 8 nitrogen and oxygen atoms in total. The lowest BCUT2D eigenvalue weighted by Gasteiger charge is -2.26. The van der Waals surface area contributed by atoms with E-state index < -0.39 is 0 Å². The number of carbonyl (C=O) groups is 1. The summed E-state index contributed by atoms with van der Waals surface area (Å²) in [6.07, 6.45) is 0.967. The number of nitrogens with two attached hydrogens (primary N) is 1. The van der Waals surface area contributed by atoms with Crippen molar-refractivity contribution in [3.8, 4) is 5.75 Å². The Labute approximate surface area is 177 Å². The minimum atomic E-state index is -0.147. The Kier molecular flexibility index (Phi) is 11.8. The fraction of sp³-hybridized carbons (Fsp3) is 0.556. The van der Waals surface area contributed by atoms with Crippen LogP contribution in [-0.4, -0.2) is 76.4 Å². The number of halogens is 1. The smallest absolute Gasteiger partial charge is 0.251 e. The molecule has 152 valence electrons. The fourth-order valence-electron chi connectivity index (χ4n) is 2.61. The first kappa shape index (κ1) is 23.4. The first-order valence-electron chi connectivity index (χ1n) is 8.95. The number of nitrogens with zero attached hydrogens (tertiary/aromatic N) is 2. The highest BCUT2D eigenvalue weighted by Gasteiger charge is 2.09. The Hall–Kier alpha value is -1.59. The number of hydrogen-bond donors (Lipinski definition) is 3. The number of aliphatic imine (C=N–C) groups is 1. The predicted molar refractivity (Wildman–Crippen MR) is 117 cm³/mol. The predicted octanol–water partition coefficient (Wildman–Crippen LogP) is 0.670. The zero-order chi connectivity index (χ0) is 18.6. The number of amides is 1. The molecular weight excluding hydrogens is 461 g/mol. The van der Waals surface area contributed by atoms with Crippen LogP contribution in [0.2, 0.25) is 0 Å². The number of hydrogen-bond acceptors (Lipinski definition) is 5. The van der Waals surface area contributed by atoms with Crippen LogP contribution in [0.3, 0.4) is 0 Å². The van der Waals surface area contributed by atoms with E-state index >= 15 is 0 Å². The molecule has 2 rings (SSSR count). The van der Waals surface area contributed by atoms with Crippen molar-refractivity contribution in [3.05, 3.63) is 29.8 Å². The van der Waals surface area contributed by atoms with E-state index in [1.165, 1.54) is 0 Å². The molecule has 0 unspecified atom stereocenters. The van der Waals surface area contributed by atoms with E-state index in [2.05, 4.69) is 20.5 Å². The van der Waals surface area contributed by atoms with Crippen LogP contribution >= 0.6 is 24.0 Å². The van der Waals surface area contributed by atoms with Gasteiger partial charge >= 0.3 is 0 Å². The second-order valence-corrected chi connectivity index (χ2v) is 5.99. The second-order valence-electron chi connectivity index (χ2n) is 5.99. The van der Waals surface area contributed by atoms with Gasteiger partial charge in [0.05, 0.1) is 20.3 Å². The first-order chi connectivity index (χ1) is 12.7. The summed E-state index contributed by atoms with van der Waals surface area (Å²) >= 11 is 0. The van der Waals surface area contributed by atoms with Crippen molar-refractivity contribution in [2.75, 3.05) is 59.6 Å². The lowest BCUT2D eigenvalue weighted by atomic mass is 10.2. The van der Waals surface area contributed by atoms with Crippen LogP contribution in [0.4, 0.5) is 0 Å². The van der Waals surface area contributed by atoms with E-state index in [-0.39, 0.29) is 29.9 Å². The zero-order valence-corrected chi connectivity index (χ0v) is 18.1. The molecule has 0 saturated carbocycles. The number of benzene rings is 1. The van der Waals surface area contributed by atoms with Crippen LogP contribution in [0.1, 0.15) is 16.8 Å². The third-order valence-electron chi connectivity index (χ3n) is 4.07. The number of rotatable bonds is 9. The van der Waals surface area contributed by atoms with Crippen molar-refractivity contribution >= 4 is 35.8 Å². The molecule has 0 bridgehead atoms. The van der Waals surface area contributed by atoms with Gasteiger partial charge in [-0.3, -0.25) is 14.7 Å². The van der Waals surface area contributed by atoms with Gasteiger partial charge in [0.25, 0.3) is 5.91 Å². The minimum absolute atomic E-state index is 0. The summed E-state index contributed by atoms with van der Waals surface area (Å²) in [7, 11) is 1.57. The lowest BCUT2D eigenvalue weighted by Crippen LogP contribution is -2.39. The van der Waals surface area contributed by atoms with Gasteiger partial charge in [-0.1, -0.05) is 6.07 Å². The molecule has 27 heavy (non-hydrogen) atoms. The van der Waals surface area contributed by atoms with Crippen molar-refractivity contribution in [3.63, 3.8) is 0 Å². The summed E-state index contributed by atoms with van der Waals surface area (Å²) in [5.41, 5.74) is 6.40. The van der Waals surface area contributed by atoms with Gasteiger partial charge in [0.15, 0.2) is 5.96 Å². The number of morpholine rings is 1. The Bertz CT molecular complexity index is 594. The molecule has 1 saturated heterocycles. The molecule has 1 aromatic carbocycles. The van der Waals surface area contributed by atoms with Crippen LogP contribution in [0.25, 0.3) is 0 Å². The average molecular weight is 491 g/mol. The van der Waals surface area contributed by atoms with E-state index in [9.17, 15) is 4.79 Å². The summed E-state index contributed by atoms with van der Waals surface area (Å²) in [6.45, 7) is 6.29. The Morgan fingerprint density at radius 3 is 2.78 bits per heavy atom. The fourth-order valence-corrected chi connectivity index (χ4v) is 2.61. The molecule has 0 radical (unpaired) electrons. The van der Waals surface area contributed by atoms with E-state index in [0.29, 0.717) is 36.9 Å². The third-order valence-corrected chi connectivity index (χ3v) is 4.07. The number of ether oxygens (including phenoxy) is 2. The normalized spacial score (nSPS) is 14.9. The molecule has 0 spiro atoms. The Balaban J connectivity index is 0.00000364. The van der Waals surface area contributed by atoms with Crippen molar-refractivity contribution in [1.29, 1.82) is 0 Å². The molecular formula is C18H30IN5O3. The summed E-state index contributed by atoms with van der Waals surface area (Å²) in [5.74, 6) is 0.915. The maximum Gasteiger partial charge on any atom is 0.251 e. The number of nitrogens with one attached hydrogen (secondary N) is 2. The van der Waals surface area contributed by atoms with Gasteiger partial charge < -0.3 is 25.8 Å². The van der Waals surface area contributed by atoms with Crippen LogP contribution in [0, 0.1) is 0 Å². The van der Waals surface area contributed by atoms with Gasteiger partial charge in [0.2, 0.25) is 0 Å². The van der Waals surface area contributed by atoms with E-state index in [1.54, 1.807) is 31.4 Å². The summed E-state index contributed by atoms with van der Waals surface area (Å²) < 4.78 is 10.4. The highest BCUT2D eigenvalue weighted by molar-refractivity contribution is 14.0. The van der Waals surface area contributed by atoms with Gasteiger partial charge in [-0.15, -0.1) is 24.0 Å². The molecule has 1 amide bonds. The second kappa shape index (κ2) is 13.6. The van der Waals surface area contributed by atoms with Gasteiger partial charge in [-0.2, -0.15) is 0 Å². The number of guanidine groups is 1. The molecule has 1 aliphatic heterocycles. The molecule has 1 fully saturated rings. The monoisotopic (exact) mass is 491 g/mol. The van der Waals surface area contributed by atoms with E-state index in [0.717, 1.165) is 39.3 Å². The lowest BCUT2D eigenvalue weighted by molar-refractivity contribution is 0.0377. The van der Waals surface area contributed by atoms with Crippen molar-refractivity contribution < 1.29 is 14.3 Å². The Morgan fingerprint density at radius 1 is 1.30 bits per heavy atom. The first-order valence-corrected chi connectivity index (χ1v) is 8.95. The molecule has 4 N–H and O–H groups in total. The summed E-state index contributed by atoms with van der Waals surface area (Å²) in [5, 5.41) is 5.84. The average Bonchev–Trinajstić information content (AvgIpc) is 2.69. The van der Waals surface area contributed by atoms with Crippen molar-refractivity contribution in [2.45, 2.75) is 6.42 Å². The molecule has 0 aliphatic carbocycles.